The molecule has 0 radical (unpaired) electrons. The number of hydrogen-bond donors (Lipinski definition) is 2. The van der Waals surface area contributed by atoms with Crippen LogP contribution in [0, 0.1) is 6.92 Å². The Labute approximate surface area is 147 Å². The molecule has 0 aliphatic carbocycles. The van der Waals surface area contributed by atoms with Crippen molar-refractivity contribution in [1.82, 2.24) is 14.9 Å². The van der Waals surface area contributed by atoms with Crippen molar-refractivity contribution in [3.05, 3.63) is 42.2 Å². The SMILES string of the molecule is COc1cc(NC2CCN(C(=O)Nc3ccc(C)cc3)CC2)ncn1. The number of carbonyl (C=O) groups is 1. The number of likely N-dealkylation sites (tertiary alicyclic amines) is 1. The first-order valence-corrected chi connectivity index (χ1v) is 8.39. The van der Waals surface area contributed by atoms with Crippen molar-refractivity contribution in [3.8, 4) is 5.88 Å². The van der Waals surface area contributed by atoms with Gasteiger partial charge in [0.1, 0.15) is 12.1 Å². The first kappa shape index (κ1) is 17.0. The zero-order valence-electron chi connectivity index (χ0n) is 14.5. The van der Waals surface area contributed by atoms with Gasteiger partial charge in [-0.15, -0.1) is 0 Å². The Morgan fingerprint density at radius 1 is 1.20 bits per heavy atom. The minimum atomic E-state index is -0.0500. The van der Waals surface area contributed by atoms with Gasteiger partial charge in [-0.25, -0.2) is 14.8 Å². The molecule has 7 heteroatoms. The van der Waals surface area contributed by atoms with E-state index < -0.39 is 0 Å². The van der Waals surface area contributed by atoms with E-state index in [2.05, 4.69) is 20.6 Å². The third-order valence-corrected chi connectivity index (χ3v) is 4.29. The molecule has 0 bridgehead atoms. The van der Waals surface area contributed by atoms with Gasteiger partial charge in [-0.05, 0) is 31.9 Å². The van der Waals surface area contributed by atoms with Crippen molar-refractivity contribution in [3.63, 3.8) is 0 Å². The van der Waals surface area contributed by atoms with Gasteiger partial charge in [0.2, 0.25) is 5.88 Å². The molecule has 2 aromatic rings. The smallest absolute Gasteiger partial charge is 0.321 e. The third kappa shape index (κ3) is 4.59. The molecule has 25 heavy (non-hydrogen) atoms. The number of nitrogens with one attached hydrogen (secondary N) is 2. The van der Waals surface area contributed by atoms with Gasteiger partial charge in [-0.2, -0.15) is 0 Å². The number of urea groups is 1. The Hall–Kier alpha value is -2.83. The fourth-order valence-electron chi connectivity index (χ4n) is 2.81. The van der Waals surface area contributed by atoms with Crippen LogP contribution in [0.15, 0.2) is 36.7 Å². The molecular weight excluding hydrogens is 318 g/mol. The molecule has 1 aliphatic heterocycles. The number of hydrogen-bond acceptors (Lipinski definition) is 5. The number of amides is 2. The molecule has 132 valence electrons. The maximum absolute atomic E-state index is 12.4. The summed E-state index contributed by atoms with van der Waals surface area (Å²) in [6.45, 7) is 3.44. The average molecular weight is 341 g/mol. The summed E-state index contributed by atoms with van der Waals surface area (Å²) in [7, 11) is 1.58. The van der Waals surface area contributed by atoms with Crippen molar-refractivity contribution in [2.75, 3.05) is 30.8 Å². The minimum Gasteiger partial charge on any atom is -0.481 e. The van der Waals surface area contributed by atoms with E-state index in [1.807, 2.05) is 36.1 Å². The van der Waals surface area contributed by atoms with Gasteiger partial charge < -0.3 is 20.3 Å². The Kier molecular flexibility index (Phi) is 5.33. The highest BCUT2D eigenvalue weighted by Gasteiger charge is 2.23. The average Bonchev–Trinajstić information content (AvgIpc) is 2.64. The zero-order valence-corrected chi connectivity index (χ0v) is 14.5. The Balaban J connectivity index is 1.49. The largest absolute Gasteiger partial charge is 0.481 e. The van der Waals surface area contributed by atoms with Crippen molar-refractivity contribution >= 4 is 17.5 Å². The van der Waals surface area contributed by atoms with Gasteiger partial charge in [-0.1, -0.05) is 17.7 Å². The standard InChI is InChI=1S/C18H23N5O2/c1-13-3-5-14(6-4-13)22-18(24)23-9-7-15(8-10-23)21-16-11-17(25-2)20-12-19-16/h3-6,11-12,15H,7-10H2,1-2H3,(H,22,24)(H,19,20,21). The Morgan fingerprint density at radius 3 is 2.60 bits per heavy atom. The van der Waals surface area contributed by atoms with Crippen LogP contribution >= 0.6 is 0 Å². The van der Waals surface area contributed by atoms with E-state index >= 15 is 0 Å². The minimum absolute atomic E-state index is 0.0500. The van der Waals surface area contributed by atoms with Gasteiger partial charge in [0.15, 0.2) is 0 Å². The molecule has 2 N–H and O–H groups in total. The van der Waals surface area contributed by atoms with Crippen molar-refractivity contribution in [2.24, 2.45) is 0 Å². The monoisotopic (exact) mass is 341 g/mol. The summed E-state index contributed by atoms with van der Waals surface area (Å²) in [5.41, 5.74) is 2.00. The summed E-state index contributed by atoms with van der Waals surface area (Å²) in [6, 6.07) is 9.82. The van der Waals surface area contributed by atoms with Gasteiger partial charge in [0, 0.05) is 30.9 Å². The first-order chi connectivity index (χ1) is 12.1. The summed E-state index contributed by atoms with van der Waals surface area (Å²) >= 11 is 0. The van der Waals surface area contributed by atoms with Crippen LogP contribution in [0.25, 0.3) is 0 Å². The van der Waals surface area contributed by atoms with Gasteiger partial charge in [-0.3, -0.25) is 0 Å². The van der Waals surface area contributed by atoms with Crippen LogP contribution < -0.4 is 15.4 Å². The lowest BCUT2D eigenvalue weighted by Gasteiger charge is -2.32. The van der Waals surface area contributed by atoms with E-state index in [1.54, 1.807) is 13.2 Å². The number of ether oxygens (including phenoxy) is 1. The quantitative estimate of drug-likeness (QED) is 0.894. The molecule has 3 rings (SSSR count). The molecule has 1 aromatic heterocycles. The molecule has 2 amide bonds. The lowest BCUT2D eigenvalue weighted by Crippen LogP contribution is -2.44. The van der Waals surface area contributed by atoms with Crippen LogP contribution in [0.4, 0.5) is 16.3 Å². The van der Waals surface area contributed by atoms with E-state index in [0.717, 1.165) is 24.3 Å². The number of rotatable bonds is 4. The fraction of sp³-hybridized carbons (Fsp3) is 0.389. The molecule has 1 aliphatic rings. The number of nitrogens with zero attached hydrogens (tertiary/aromatic N) is 3. The first-order valence-electron chi connectivity index (χ1n) is 8.39. The Bertz CT molecular complexity index is 712. The van der Waals surface area contributed by atoms with E-state index in [4.69, 9.17) is 4.74 Å². The van der Waals surface area contributed by atoms with Crippen LogP contribution in [0.5, 0.6) is 5.88 Å². The maximum atomic E-state index is 12.4. The predicted octanol–water partition coefficient (Wildman–Crippen LogP) is 2.90. The second kappa shape index (κ2) is 7.83. The molecular formula is C18H23N5O2. The lowest BCUT2D eigenvalue weighted by atomic mass is 10.1. The van der Waals surface area contributed by atoms with Crippen LogP contribution in [0.2, 0.25) is 0 Å². The second-order valence-corrected chi connectivity index (χ2v) is 6.15. The number of anilines is 2. The van der Waals surface area contributed by atoms with E-state index in [-0.39, 0.29) is 12.1 Å². The number of aryl methyl sites for hydroxylation is 1. The topological polar surface area (TPSA) is 79.4 Å². The molecule has 0 unspecified atom stereocenters. The van der Waals surface area contributed by atoms with Crippen LogP contribution in [-0.2, 0) is 0 Å². The highest BCUT2D eigenvalue weighted by atomic mass is 16.5. The Morgan fingerprint density at radius 2 is 1.92 bits per heavy atom. The highest BCUT2D eigenvalue weighted by molar-refractivity contribution is 5.89. The number of aromatic nitrogens is 2. The summed E-state index contributed by atoms with van der Waals surface area (Å²) in [6.07, 6.45) is 3.21. The second-order valence-electron chi connectivity index (χ2n) is 6.15. The number of piperidine rings is 1. The van der Waals surface area contributed by atoms with E-state index in [0.29, 0.717) is 19.0 Å². The number of methoxy groups -OCH3 is 1. The molecule has 7 nitrogen and oxygen atoms in total. The molecule has 1 saturated heterocycles. The van der Waals surface area contributed by atoms with Crippen LogP contribution in [-0.4, -0.2) is 47.1 Å². The normalized spacial score (nSPS) is 14.9. The van der Waals surface area contributed by atoms with Crippen molar-refractivity contribution in [1.29, 1.82) is 0 Å². The highest BCUT2D eigenvalue weighted by Crippen LogP contribution is 2.18. The fourth-order valence-corrected chi connectivity index (χ4v) is 2.81. The maximum Gasteiger partial charge on any atom is 0.321 e. The van der Waals surface area contributed by atoms with E-state index in [1.165, 1.54) is 11.9 Å². The lowest BCUT2D eigenvalue weighted by molar-refractivity contribution is 0.197. The summed E-state index contributed by atoms with van der Waals surface area (Å²) in [5.74, 6) is 1.28. The summed E-state index contributed by atoms with van der Waals surface area (Å²) < 4.78 is 5.10. The third-order valence-electron chi connectivity index (χ3n) is 4.29. The van der Waals surface area contributed by atoms with Gasteiger partial charge in [0.25, 0.3) is 0 Å². The molecule has 0 atom stereocenters. The van der Waals surface area contributed by atoms with Gasteiger partial charge >= 0.3 is 6.03 Å². The van der Waals surface area contributed by atoms with E-state index in [9.17, 15) is 4.79 Å². The summed E-state index contributed by atoms with van der Waals surface area (Å²) in [5, 5.41) is 6.33. The predicted molar refractivity (Wildman–Crippen MR) is 97.0 cm³/mol. The molecule has 1 aromatic carbocycles. The van der Waals surface area contributed by atoms with Crippen LogP contribution in [0.3, 0.4) is 0 Å². The van der Waals surface area contributed by atoms with Crippen LogP contribution in [0.1, 0.15) is 18.4 Å². The molecule has 0 spiro atoms. The van der Waals surface area contributed by atoms with Crippen molar-refractivity contribution in [2.45, 2.75) is 25.8 Å². The molecule has 0 saturated carbocycles. The molecule has 1 fully saturated rings. The summed E-state index contributed by atoms with van der Waals surface area (Å²) in [4.78, 5) is 22.4. The van der Waals surface area contributed by atoms with Gasteiger partial charge in [0.05, 0.1) is 7.11 Å². The zero-order chi connectivity index (χ0) is 17.6. The number of carbonyl (C=O) groups excluding carboxylic acids is 1. The number of benzene rings is 1. The van der Waals surface area contributed by atoms with Crippen molar-refractivity contribution < 1.29 is 9.53 Å². The molecule has 2 heterocycles.